The van der Waals surface area contributed by atoms with Gasteiger partial charge in [-0.05, 0) is 37.6 Å². The number of allylic oxidation sites excluding steroid dienone is 1. The zero-order chi connectivity index (χ0) is 23.7. The van der Waals surface area contributed by atoms with Gasteiger partial charge in [-0.3, -0.25) is 4.79 Å². The first kappa shape index (κ1) is 22.0. The molecule has 0 atom stereocenters. The number of phenolic OH excluding ortho intramolecular Hbond substituents is 3. The number of benzene rings is 2. The molecule has 0 saturated carbocycles. The second-order valence-electron chi connectivity index (χ2n) is 8.11. The van der Waals surface area contributed by atoms with Crippen molar-refractivity contribution in [2.45, 2.75) is 19.8 Å². The van der Waals surface area contributed by atoms with E-state index in [1.54, 1.807) is 0 Å². The molecule has 0 bridgehead atoms. The Morgan fingerprint density at radius 3 is 2.42 bits per heavy atom. The highest BCUT2D eigenvalue weighted by molar-refractivity contribution is 5.92. The molecule has 0 amide bonds. The summed E-state index contributed by atoms with van der Waals surface area (Å²) in [6, 6.07) is 9.69. The zero-order valence-electron chi connectivity index (χ0n) is 18.3. The minimum absolute atomic E-state index is 0.149. The van der Waals surface area contributed by atoms with Gasteiger partial charge in [0, 0.05) is 49.5 Å². The maximum absolute atomic E-state index is 12.5. The van der Waals surface area contributed by atoms with Crippen LogP contribution in [0.2, 0.25) is 0 Å². The maximum Gasteiger partial charge on any atom is 0.262 e. The molecule has 4 rings (SSSR count). The fraction of sp³-hybridized carbons (Fsp3) is 0.292. The quantitative estimate of drug-likeness (QED) is 0.438. The molecule has 0 radical (unpaired) electrons. The molecule has 2 aromatic carbocycles. The summed E-state index contributed by atoms with van der Waals surface area (Å²) >= 11 is 0. The van der Waals surface area contributed by atoms with Gasteiger partial charge in [0.25, 0.3) is 5.56 Å². The highest BCUT2D eigenvalue weighted by atomic mass is 16.3. The van der Waals surface area contributed by atoms with E-state index < -0.39 is 22.8 Å². The molecule has 0 unspecified atom stereocenters. The van der Waals surface area contributed by atoms with Crippen LogP contribution in [0.25, 0.3) is 10.9 Å². The molecule has 1 fully saturated rings. The number of aryl methyl sites for hydroxylation is 2. The molecule has 0 spiro atoms. The number of hydrogen-bond acceptors (Lipinski definition) is 8. The Labute approximate surface area is 190 Å². The Kier molecular flexibility index (Phi) is 5.84. The number of aromatic nitrogens is 2. The third-order valence-electron chi connectivity index (χ3n) is 6.10. The van der Waals surface area contributed by atoms with Crippen LogP contribution in [0, 0.1) is 18.3 Å². The van der Waals surface area contributed by atoms with Gasteiger partial charge in [-0.2, -0.15) is 5.26 Å². The van der Waals surface area contributed by atoms with Crippen LogP contribution in [0.4, 0.5) is 5.69 Å². The number of fused-ring (bicyclic) bond motifs is 1. The van der Waals surface area contributed by atoms with Crippen molar-refractivity contribution in [3.8, 4) is 23.3 Å². The number of aromatic amines is 1. The molecule has 0 aliphatic carbocycles. The average Bonchev–Trinajstić information content (AvgIpc) is 2.84. The number of nitrogens with zero attached hydrogens (tertiary/aromatic N) is 4. The van der Waals surface area contributed by atoms with Crippen molar-refractivity contribution in [2.24, 2.45) is 0 Å². The van der Waals surface area contributed by atoms with E-state index >= 15 is 0 Å². The summed E-state index contributed by atoms with van der Waals surface area (Å²) in [7, 11) is 0. The number of phenols is 3. The molecule has 9 heteroatoms. The molecule has 1 saturated heterocycles. The molecule has 1 aliphatic rings. The number of H-pyrrole nitrogens is 1. The van der Waals surface area contributed by atoms with Crippen molar-refractivity contribution < 1.29 is 15.3 Å². The van der Waals surface area contributed by atoms with Crippen LogP contribution in [0.1, 0.15) is 23.4 Å². The lowest BCUT2D eigenvalue weighted by molar-refractivity contribution is 0.312. The second-order valence-corrected chi connectivity index (χ2v) is 8.11. The van der Waals surface area contributed by atoms with E-state index in [2.05, 4.69) is 32.4 Å². The Morgan fingerprint density at radius 1 is 1.12 bits per heavy atom. The first-order valence-electron chi connectivity index (χ1n) is 10.6. The van der Waals surface area contributed by atoms with Gasteiger partial charge >= 0.3 is 0 Å². The number of rotatable bonds is 5. The lowest BCUT2D eigenvalue weighted by atomic mass is 10.1. The summed E-state index contributed by atoms with van der Waals surface area (Å²) in [6.45, 7) is 9.00. The average molecular weight is 447 g/mol. The summed E-state index contributed by atoms with van der Waals surface area (Å²) < 4.78 is 0. The summed E-state index contributed by atoms with van der Waals surface area (Å²) in [4.78, 5) is 24.0. The number of nitrogens with one attached hydrogen (secondary N) is 1. The van der Waals surface area contributed by atoms with Crippen LogP contribution >= 0.6 is 0 Å². The van der Waals surface area contributed by atoms with Gasteiger partial charge in [-0.25, -0.2) is 4.98 Å². The molecule has 1 aromatic heterocycles. The summed E-state index contributed by atoms with van der Waals surface area (Å²) in [5, 5.41) is 38.6. The number of nitriles is 1. The fourth-order valence-corrected chi connectivity index (χ4v) is 4.10. The Balaban J connectivity index is 1.41. The van der Waals surface area contributed by atoms with Gasteiger partial charge in [-0.15, -0.1) is 0 Å². The van der Waals surface area contributed by atoms with E-state index in [-0.39, 0.29) is 16.5 Å². The standard InChI is InChI=1S/C24H25N5O4/c1-14(28-9-11-29(12-10-28)17-6-4-16(13-25)5-7-17)3-8-18-26-20-15(2)21(30)23(32)22(31)19(20)24(33)27-18/h4-7,30-32H,1,3,8-12H2,2H3,(H,26,27,33). The molecule has 4 N–H and O–H groups in total. The van der Waals surface area contributed by atoms with E-state index in [9.17, 15) is 20.1 Å². The smallest absolute Gasteiger partial charge is 0.262 e. The molecule has 2 heterocycles. The van der Waals surface area contributed by atoms with Crippen molar-refractivity contribution in [1.82, 2.24) is 14.9 Å². The minimum atomic E-state index is -0.728. The molecule has 170 valence electrons. The van der Waals surface area contributed by atoms with E-state index in [1.807, 2.05) is 24.3 Å². The Bertz CT molecular complexity index is 1320. The SMILES string of the molecule is C=C(CCc1nc2c(C)c(O)c(O)c(O)c2c(=O)[nH]1)N1CCN(c2ccc(C#N)cc2)CC1. The lowest BCUT2D eigenvalue weighted by Gasteiger charge is -2.38. The van der Waals surface area contributed by atoms with E-state index in [1.165, 1.54) is 6.92 Å². The van der Waals surface area contributed by atoms with Crippen molar-refractivity contribution in [2.75, 3.05) is 31.1 Å². The van der Waals surface area contributed by atoms with E-state index in [0.717, 1.165) is 37.6 Å². The van der Waals surface area contributed by atoms with Crippen LogP contribution in [-0.4, -0.2) is 56.4 Å². The Morgan fingerprint density at radius 2 is 1.79 bits per heavy atom. The topological polar surface area (TPSA) is 137 Å². The molecule has 3 aromatic rings. The predicted octanol–water partition coefficient (Wildman–Crippen LogP) is 2.49. The van der Waals surface area contributed by atoms with Gasteiger partial charge in [-0.1, -0.05) is 6.58 Å². The number of aromatic hydroxyl groups is 3. The predicted molar refractivity (Wildman–Crippen MR) is 124 cm³/mol. The maximum atomic E-state index is 12.5. The van der Waals surface area contributed by atoms with Crippen LogP contribution < -0.4 is 10.5 Å². The van der Waals surface area contributed by atoms with Crippen molar-refractivity contribution in [1.29, 1.82) is 5.26 Å². The first-order valence-corrected chi connectivity index (χ1v) is 10.6. The van der Waals surface area contributed by atoms with Crippen molar-refractivity contribution in [3.63, 3.8) is 0 Å². The van der Waals surface area contributed by atoms with Crippen molar-refractivity contribution >= 4 is 16.6 Å². The zero-order valence-corrected chi connectivity index (χ0v) is 18.3. The largest absolute Gasteiger partial charge is 0.504 e. The highest BCUT2D eigenvalue weighted by Crippen LogP contribution is 2.42. The van der Waals surface area contributed by atoms with Crippen molar-refractivity contribution in [3.05, 3.63) is 63.8 Å². The van der Waals surface area contributed by atoms with E-state index in [0.29, 0.717) is 24.2 Å². The molecular weight excluding hydrogens is 422 g/mol. The monoisotopic (exact) mass is 447 g/mol. The van der Waals surface area contributed by atoms with Gasteiger partial charge in [0.05, 0.1) is 17.1 Å². The third-order valence-corrected chi connectivity index (χ3v) is 6.10. The molecular formula is C24H25N5O4. The highest BCUT2D eigenvalue weighted by Gasteiger charge is 2.21. The Hall–Kier alpha value is -4.19. The lowest BCUT2D eigenvalue weighted by Crippen LogP contribution is -2.45. The van der Waals surface area contributed by atoms with Gasteiger partial charge in [0.2, 0.25) is 5.75 Å². The molecule has 33 heavy (non-hydrogen) atoms. The normalized spacial score (nSPS) is 13.8. The second kappa shape index (κ2) is 8.74. The number of hydrogen-bond donors (Lipinski definition) is 4. The summed E-state index contributed by atoms with van der Waals surface area (Å²) in [5.41, 5.74) is 2.47. The number of anilines is 1. The van der Waals surface area contributed by atoms with E-state index in [4.69, 9.17) is 5.26 Å². The molecule has 1 aliphatic heterocycles. The van der Waals surface area contributed by atoms with Gasteiger partial charge < -0.3 is 30.1 Å². The summed E-state index contributed by atoms with van der Waals surface area (Å²) in [6.07, 6.45) is 1.02. The molecule has 9 nitrogen and oxygen atoms in total. The van der Waals surface area contributed by atoms with Crippen LogP contribution in [0.3, 0.4) is 0 Å². The minimum Gasteiger partial charge on any atom is -0.504 e. The van der Waals surface area contributed by atoms with Crippen LogP contribution in [-0.2, 0) is 6.42 Å². The summed E-state index contributed by atoms with van der Waals surface area (Å²) in [5.74, 6) is -1.49. The van der Waals surface area contributed by atoms with Crippen LogP contribution in [0.5, 0.6) is 17.2 Å². The fourth-order valence-electron chi connectivity index (χ4n) is 4.10. The number of piperazine rings is 1. The first-order chi connectivity index (χ1) is 15.8. The van der Waals surface area contributed by atoms with Gasteiger partial charge in [0.15, 0.2) is 11.5 Å². The van der Waals surface area contributed by atoms with Gasteiger partial charge in [0.1, 0.15) is 11.2 Å². The van der Waals surface area contributed by atoms with Crippen LogP contribution in [0.15, 0.2) is 41.3 Å². The third kappa shape index (κ3) is 4.15.